The van der Waals surface area contributed by atoms with Crippen LogP contribution in [0.2, 0.25) is 0 Å². The van der Waals surface area contributed by atoms with E-state index in [4.69, 9.17) is 10.0 Å². The normalized spacial score (nSPS) is 22.0. The van der Waals surface area contributed by atoms with Gasteiger partial charge in [-0.1, -0.05) is 12.2 Å². The smallest absolute Gasteiger partial charge is 0.272 e. The summed E-state index contributed by atoms with van der Waals surface area (Å²) in [6, 6.07) is 4.60. The quantitative estimate of drug-likeness (QED) is 0.624. The number of hydrogen-bond donors (Lipinski definition) is 4. The SMILES string of the molecule is CC(O)[C@H]1C=Cc2c(cn(C)c2C(=O)Nc2ccc(F)c(C#N)c2)S(=N)(=O)N1. The van der Waals surface area contributed by atoms with Crippen LogP contribution in [0.15, 0.2) is 35.4 Å². The summed E-state index contributed by atoms with van der Waals surface area (Å²) >= 11 is 0. The van der Waals surface area contributed by atoms with Gasteiger partial charge >= 0.3 is 0 Å². The molecule has 0 saturated heterocycles. The number of nitrogens with zero attached hydrogens (tertiary/aromatic N) is 2. The summed E-state index contributed by atoms with van der Waals surface area (Å²) in [7, 11) is -1.89. The highest BCUT2D eigenvalue weighted by Gasteiger charge is 2.29. The van der Waals surface area contributed by atoms with Crippen molar-refractivity contribution in [2.45, 2.75) is 24.0 Å². The Kier molecular flexibility index (Phi) is 5.08. The number of halogens is 1. The lowest BCUT2D eigenvalue weighted by atomic mass is 10.1. The number of rotatable bonds is 3. The Hall–Kier alpha value is -3.00. The first-order valence-corrected chi connectivity index (χ1v) is 9.82. The summed E-state index contributed by atoms with van der Waals surface area (Å²) in [4.78, 5) is 12.9. The van der Waals surface area contributed by atoms with E-state index in [1.807, 2.05) is 0 Å². The molecule has 1 aliphatic rings. The van der Waals surface area contributed by atoms with E-state index in [0.717, 1.165) is 6.07 Å². The number of anilines is 1. The molecule has 28 heavy (non-hydrogen) atoms. The number of aryl methyl sites for hydroxylation is 1. The highest BCUT2D eigenvalue weighted by Crippen LogP contribution is 2.28. The van der Waals surface area contributed by atoms with Crippen molar-refractivity contribution in [3.8, 4) is 6.07 Å². The van der Waals surface area contributed by atoms with Gasteiger partial charge in [-0.05, 0) is 25.1 Å². The minimum atomic E-state index is -3.46. The lowest BCUT2D eigenvalue weighted by Gasteiger charge is -2.17. The van der Waals surface area contributed by atoms with Crippen LogP contribution in [-0.2, 0) is 17.0 Å². The van der Waals surface area contributed by atoms with Gasteiger partial charge in [-0.15, -0.1) is 0 Å². The maximum Gasteiger partial charge on any atom is 0.272 e. The molecule has 8 nitrogen and oxygen atoms in total. The fourth-order valence-electron chi connectivity index (χ4n) is 2.92. The lowest BCUT2D eigenvalue weighted by molar-refractivity contribution is 0.101. The van der Waals surface area contributed by atoms with E-state index < -0.39 is 33.8 Å². The third-order valence-electron chi connectivity index (χ3n) is 4.35. The van der Waals surface area contributed by atoms with Gasteiger partial charge in [0.2, 0.25) is 0 Å². The van der Waals surface area contributed by atoms with E-state index in [1.54, 1.807) is 25.3 Å². The number of nitrogens with one attached hydrogen (secondary N) is 3. The molecule has 146 valence electrons. The van der Waals surface area contributed by atoms with E-state index in [2.05, 4.69) is 10.0 Å². The van der Waals surface area contributed by atoms with E-state index in [-0.39, 0.29) is 21.8 Å². The number of aliphatic hydroxyl groups is 1. The largest absolute Gasteiger partial charge is 0.391 e. The van der Waals surface area contributed by atoms with Crippen LogP contribution >= 0.6 is 0 Å². The molecule has 1 aromatic carbocycles. The predicted octanol–water partition coefficient (Wildman–Crippen LogP) is 1.97. The average molecular weight is 403 g/mol. The standard InChI is InChI=1S/C18H18FN5O3S/c1-10(25)15-6-4-13-16(28(21,27)23-15)9-24(2)17(13)18(26)22-12-3-5-14(19)11(7-12)8-20/h3-7,9-10,15,25H,1-2H3,(H,22,26)(H2,21,23,27)/t10?,15-,28?/m1/s1. The first-order valence-electron chi connectivity index (χ1n) is 8.26. The number of fused-ring (bicyclic) bond motifs is 1. The van der Waals surface area contributed by atoms with Crippen LogP contribution in [0.25, 0.3) is 6.08 Å². The Morgan fingerprint density at radius 1 is 1.54 bits per heavy atom. The molecule has 0 bridgehead atoms. The Balaban J connectivity index is 2.03. The van der Waals surface area contributed by atoms with Crippen LogP contribution < -0.4 is 10.0 Å². The molecule has 4 N–H and O–H groups in total. The zero-order valence-corrected chi connectivity index (χ0v) is 15.9. The zero-order chi connectivity index (χ0) is 20.6. The van der Waals surface area contributed by atoms with Crippen molar-refractivity contribution in [1.82, 2.24) is 9.29 Å². The second-order valence-corrected chi connectivity index (χ2v) is 8.21. The number of aromatic nitrogens is 1. The minimum absolute atomic E-state index is 0.122. The molecule has 2 heterocycles. The number of amides is 1. The van der Waals surface area contributed by atoms with Crippen molar-refractivity contribution in [2.24, 2.45) is 7.05 Å². The summed E-state index contributed by atoms with van der Waals surface area (Å²) in [6.45, 7) is 1.50. The van der Waals surface area contributed by atoms with Gasteiger partial charge in [0.25, 0.3) is 5.91 Å². The lowest BCUT2D eigenvalue weighted by Crippen LogP contribution is -2.39. The van der Waals surface area contributed by atoms with Crippen molar-refractivity contribution in [2.75, 3.05) is 5.32 Å². The van der Waals surface area contributed by atoms with Gasteiger partial charge in [-0.3, -0.25) is 4.79 Å². The Bertz CT molecular complexity index is 1130. The molecule has 0 fully saturated rings. The monoisotopic (exact) mass is 403 g/mol. The maximum atomic E-state index is 13.5. The summed E-state index contributed by atoms with van der Waals surface area (Å²) in [5.74, 6) is -1.27. The summed E-state index contributed by atoms with van der Waals surface area (Å²) < 4.78 is 38.5. The molecule has 0 spiro atoms. The molecule has 2 unspecified atom stereocenters. The molecular weight excluding hydrogens is 385 g/mol. The van der Waals surface area contributed by atoms with Gasteiger partial charge in [0.15, 0.2) is 0 Å². The van der Waals surface area contributed by atoms with Crippen LogP contribution in [0.1, 0.15) is 28.5 Å². The summed E-state index contributed by atoms with van der Waals surface area (Å²) in [6.07, 6.45) is 3.63. The van der Waals surface area contributed by atoms with Crippen molar-refractivity contribution < 1.29 is 18.5 Å². The predicted molar refractivity (Wildman–Crippen MR) is 101 cm³/mol. The van der Waals surface area contributed by atoms with E-state index in [9.17, 15) is 18.5 Å². The average Bonchev–Trinajstić information content (AvgIpc) is 2.90. The first kappa shape index (κ1) is 19.8. The highest BCUT2D eigenvalue weighted by atomic mass is 32.2. The van der Waals surface area contributed by atoms with Gasteiger partial charge in [0.05, 0.1) is 22.6 Å². The van der Waals surface area contributed by atoms with E-state index >= 15 is 0 Å². The Morgan fingerprint density at radius 2 is 2.25 bits per heavy atom. The summed E-state index contributed by atoms with van der Waals surface area (Å²) in [5.41, 5.74) is 0.448. The van der Waals surface area contributed by atoms with Gasteiger partial charge in [0, 0.05) is 24.5 Å². The third kappa shape index (κ3) is 3.55. The fourth-order valence-corrected chi connectivity index (χ4v) is 4.49. The molecule has 1 aromatic heterocycles. The van der Waals surface area contributed by atoms with Crippen molar-refractivity contribution in [1.29, 1.82) is 10.0 Å². The minimum Gasteiger partial charge on any atom is -0.391 e. The summed E-state index contributed by atoms with van der Waals surface area (Å²) in [5, 5.41) is 21.3. The zero-order valence-electron chi connectivity index (χ0n) is 15.1. The number of carbonyl (C=O) groups excluding carboxylic acids is 1. The molecular formula is C18H18FN5O3S. The van der Waals surface area contributed by atoms with Crippen LogP contribution in [0.4, 0.5) is 10.1 Å². The molecule has 10 heteroatoms. The molecule has 1 amide bonds. The van der Waals surface area contributed by atoms with E-state index in [0.29, 0.717) is 5.56 Å². The molecule has 3 rings (SSSR count). The van der Waals surface area contributed by atoms with E-state index in [1.165, 1.54) is 29.8 Å². The highest BCUT2D eigenvalue weighted by molar-refractivity contribution is 7.90. The Morgan fingerprint density at radius 3 is 2.89 bits per heavy atom. The number of benzene rings is 1. The number of carbonyl (C=O) groups is 1. The van der Waals surface area contributed by atoms with Crippen LogP contribution in [0.3, 0.4) is 0 Å². The molecule has 3 atom stereocenters. The number of aliphatic hydroxyl groups excluding tert-OH is 1. The van der Waals surface area contributed by atoms with Crippen molar-refractivity contribution >= 4 is 27.6 Å². The van der Waals surface area contributed by atoms with Gasteiger partial charge in [-0.25, -0.2) is 18.1 Å². The molecule has 0 aliphatic carbocycles. The van der Waals surface area contributed by atoms with Gasteiger partial charge in [0.1, 0.15) is 27.5 Å². The first-order chi connectivity index (χ1) is 13.1. The van der Waals surface area contributed by atoms with Crippen LogP contribution in [0, 0.1) is 21.9 Å². The van der Waals surface area contributed by atoms with Gasteiger partial charge in [-0.2, -0.15) is 5.26 Å². The third-order valence-corrected chi connectivity index (χ3v) is 5.89. The second-order valence-electron chi connectivity index (χ2n) is 6.43. The molecule has 1 aliphatic heterocycles. The van der Waals surface area contributed by atoms with Gasteiger partial charge < -0.3 is 15.0 Å². The maximum absolute atomic E-state index is 13.5. The second kappa shape index (κ2) is 7.20. The number of nitriles is 1. The topological polar surface area (TPSA) is 131 Å². The molecule has 2 aromatic rings. The van der Waals surface area contributed by atoms with Crippen LogP contribution in [-0.4, -0.2) is 31.9 Å². The van der Waals surface area contributed by atoms with Crippen LogP contribution in [0.5, 0.6) is 0 Å². The Labute approximate surface area is 161 Å². The molecule has 0 radical (unpaired) electrons. The van der Waals surface area contributed by atoms with Crippen molar-refractivity contribution in [3.05, 3.63) is 53.1 Å². The molecule has 0 saturated carbocycles. The van der Waals surface area contributed by atoms with Crippen molar-refractivity contribution in [3.63, 3.8) is 0 Å². The fraction of sp³-hybridized carbons (Fsp3) is 0.222. The number of hydrogen-bond acceptors (Lipinski definition) is 5.